The zero-order valence-electron chi connectivity index (χ0n) is 13.3. The number of thiophene rings is 1. The largest absolute Gasteiger partial charge is 0.306 e. The van der Waals surface area contributed by atoms with Crippen molar-refractivity contribution in [3.8, 4) is 16.9 Å². The average molecular weight is 345 g/mol. The molecular formula is C20H15N3OS. The molecule has 2 heterocycles. The van der Waals surface area contributed by atoms with Gasteiger partial charge in [-0.2, -0.15) is 5.10 Å². The Bertz CT molecular complexity index is 976. The minimum absolute atomic E-state index is 0.133. The van der Waals surface area contributed by atoms with Crippen LogP contribution in [0.2, 0.25) is 0 Å². The summed E-state index contributed by atoms with van der Waals surface area (Å²) in [6.07, 6.45) is 0. The van der Waals surface area contributed by atoms with Crippen molar-refractivity contribution in [2.75, 3.05) is 5.32 Å². The Kier molecular flexibility index (Phi) is 4.14. The molecule has 2 aromatic carbocycles. The molecule has 2 aromatic heterocycles. The summed E-state index contributed by atoms with van der Waals surface area (Å²) in [5.74, 6) is 0.509. The highest BCUT2D eigenvalue weighted by Crippen LogP contribution is 2.25. The number of anilines is 1. The number of aromatic nitrogens is 2. The van der Waals surface area contributed by atoms with Gasteiger partial charge in [-0.15, -0.1) is 11.3 Å². The fraction of sp³-hybridized carbons (Fsp3) is 0. The highest BCUT2D eigenvalue weighted by molar-refractivity contribution is 7.12. The van der Waals surface area contributed by atoms with E-state index >= 15 is 0 Å². The molecule has 4 aromatic rings. The molecule has 5 heteroatoms. The smallest absolute Gasteiger partial charge is 0.266 e. The number of carbonyl (C=O) groups is 1. The summed E-state index contributed by atoms with van der Waals surface area (Å²) in [6.45, 7) is 0. The second-order valence-corrected chi connectivity index (χ2v) is 6.41. The first kappa shape index (κ1) is 15.4. The number of rotatable bonds is 4. The van der Waals surface area contributed by atoms with Gasteiger partial charge in [-0.3, -0.25) is 4.79 Å². The van der Waals surface area contributed by atoms with Gasteiger partial charge in [0.25, 0.3) is 5.91 Å². The molecular weight excluding hydrogens is 330 g/mol. The van der Waals surface area contributed by atoms with Gasteiger partial charge in [0.2, 0.25) is 0 Å². The SMILES string of the molecule is O=C(Nc1cc(-c2ccccc2)nn1-c1ccccc1)c1cccs1. The minimum Gasteiger partial charge on any atom is -0.306 e. The fourth-order valence-corrected chi connectivity index (χ4v) is 3.19. The van der Waals surface area contributed by atoms with Crippen LogP contribution in [-0.2, 0) is 0 Å². The van der Waals surface area contributed by atoms with Gasteiger partial charge in [0.1, 0.15) is 5.82 Å². The Morgan fingerprint density at radius 1 is 0.920 bits per heavy atom. The molecule has 0 aliphatic heterocycles. The molecule has 1 N–H and O–H groups in total. The molecule has 122 valence electrons. The van der Waals surface area contributed by atoms with Crippen LogP contribution in [0.1, 0.15) is 9.67 Å². The molecule has 0 aliphatic carbocycles. The van der Waals surface area contributed by atoms with E-state index in [2.05, 4.69) is 5.32 Å². The summed E-state index contributed by atoms with van der Waals surface area (Å²) in [7, 11) is 0. The molecule has 0 radical (unpaired) electrons. The highest BCUT2D eigenvalue weighted by atomic mass is 32.1. The van der Waals surface area contributed by atoms with E-state index in [9.17, 15) is 4.79 Å². The molecule has 0 aliphatic rings. The molecule has 0 saturated heterocycles. The first-order valence-corrected chi connectivity index (χ1v) is 8.75. The molecule has 4 nitrogen and oxygen atoms in total. The van der Waals surface area contributed by atoms with Crippen molar-refractivity contribution in [2.24, 2.45) is 0 Å². The van der Waals surface area contributed by atoms with Crippen molar-refractivity contribution < 1.29 is 4.79 Å². The van der Waals surface area contributed by atoms with Gasteiger partial charge in [0.15, 0.2) is 0 Å². The van der Waals surface area contributed by atoms with Crippen LogP contribution in [0.4, 0.5) is 5.82 Å². The predicted molar refractivity (Wildman–Crippen MR) is 101 cm³/mol. The fourth-order valence-electron chi connectivity index (χ4n) is 2.57. The third-order valence-corrected chi connectivity index (χ3v) is 4.63. The lowest BCUT2D eigenvalue weighted by Gasteiger charge is -2.07. The normalized spacial score (nSPS) is 10.6. The molecule has 0 atom stereocenters. The number of nitrogens with zero attached hydrogens (tertiary/aromatic N) is 2. The monoisotopic (exact) mass is 345 g/mol. The maximum absolute atomic E-state index is 12.5. The van der Waals surface area contributed by atoms with Gasteiger partial charge in [0.05, 0.1) is 16.3 Å². The number of para-hydroxylation sites is 1. The topological polar surface area (TPSA) is 46.9 Å². The third kappa shape index (κ3) is 3.22. The summed E-state index contributed by atoms with van der Waals surface area (Å²) in [5.41, 5.74) is 2.71. The van der Waals surface area contributed by atoms with E-state index in [1.165, 1.54) is 11.3 Å². The maximum atomic E-state index is 12.5. The molecule has 0 spiro atoms. The molecule has 25 heavy (non-hydrogen) atoms. The Morgan fingerprint density at radius 3 is 2.32 bits per heavy atom. The molecule has 1 amide bonds. The Labute approximate surface area is 149 Å². The number of benzene rings is 2. The summed E-state index contributed by atoms with van der Waals surface area (Å²) >= 11 is 1.41. The van der Waals surface area contributed by atoms with E-state index in [-0.39, 0.29) is 5.91 Å². The van der Waals surface area contributed by atoms with E-state index < -0.39 is 0 Å². The van der Waals surface area contributed by atoms with Gasteiger partial charge < -0.3 is 5.32 Å². The second kappa shape index (κ2) is 6.75. The lowest BCUT2D eigenvalue weighted by molar-refractivity contribution is 0.103. The van der Waals surface area contributed by atoms with E-state index in [4.69, 9.17) is 5.10 Å². The van der Waals surface area contributed by atoms with Gasteiger partial charge in [-0.05, 0) is 23.6 Å². The first-order valence-electron chi connectivity index (χ1n) is 7.87. The molecule has 0 bridgehead atoms. The number of hydrogen-bond donors (Lipinski definition) is 1. The quantitative estimate of drug-likeness (QED) is 0.574. The zero-order valence-corrected chi connectivity index (χ0v) is 14.1. The standard InChI is InChI=1S/C20H15N3OS/c24-20(18-12-7-13-25-18)21-19-14-17(15-8-3-1-4-9-15)22-23(19)16-10-5-2-6-11-16/h1-14H,(H,21,24). The number of carbonyl (C=O) groups excluding carboxylic acids is 1. The lowest BCUT2D eigenvalue weighted by atomic mass is 10.1. The van der Waals surface area contributed by atoms with Crippen LogP contribution in [0.25, 0.3) is 16.9 Å². The van der Waals surface area contributed by atoms with E-state index in [1.54, 1.807) is 10.7 Å². The first-order chi connectivity index (χ1) is 12.3. The van der Waals surface area contributed by atoms with Crippen LogP contribution in [0.5, 0.6) is 0 Å². The Hall–Kier alpha value is -3.18. The molecule has 0 saturated carbocycles. The van der Waals surface area contributed by atoms with Crippen LogP contribution in [0.3, 0.4) is 0 Å². The van der Waals surface area contributed by atoms with Crippen LogP contribution < -0.4 is 5.32 Å². The third-order valence-electron chi connectivity index (χ3n) is 3.77. The van der Waals surface area contributed by atoms with Gasteiger partial charge >= 0.3 is 0 Å². The molecule has 4 rings (SSSR count). The van der Waals surface area contributed by atoms with E-state index in [1.807, 2.05) is 78.2 Å². The van der Waals surface area contributed by atoms with Crippen molar-refractivity contribution in [2.45, 2.75) is 0 Å². The predicted octanol–water partition coefficient (Wildman–Crippen LogP) is 4.85. The zero-order chi connectivity index (χ0) is 17.1. The second-order valence-electron chi connectivity index (χ2n) is 5.46. The van der Waals surface area contributed by atoms with Crippen LogP contribution in [0.15, 0.2) is 84.2 Å². The van der Waals surface area contributed by atoms with Crippen LogP contribution >= 0.6 is 11.3 Å². The van der Waals surface area contributed by atoms with Crippen molar-refractivity contribution in [3.63, 3.8) is 0 Å². The van der Waals surface area contributed by atoms with Gasteiger partial charge in [-0.1, -0.05) is 54.6 Å². The van der Waals surface area contributed by atoms with Crippen LogP contribution in [-0.4, -0.2) is 15.7 Å². The van der Waals surface area contributed by atoms with Gasteiger partial charge in [-0.25, -0.2) is 4.68 Å². The lowest BCUT2D eigenvalue weighted by Crippen LogP contribution is -2.13. The van der Waals surface area contributed by atoms with E-state index in [0.717, 1.165) is 16.9 Å². The van der Waals surface area contributed by atoms with Crippen molar-refractivity contribution in [1.82, 2.24) is 9.78 Å². The van der Waals surface area contributed by atoms with E-state index in [0.29, 0.717) is 10.7 Å². The molecule has 0 unspecified atom stereocenters. The summed E-state index contributed by atoms with van der Waals surface area (Å²) < 4.78 is 1.76. The van der Waals surface area contributed by atoms with Crippen molar-refractivity contribution in [3.05, 3.63) is 89.1 Å². The molecule has 0 fully saturated rings. The van der Waals surface area contributed by atoms with Crippen LogP contribution in [0, 0.1) is 0 Å². The number of amides is 1. The number of hydrogen-bond acceptors (Lipinski definition) is 3. The highest BCUT2D eigenvalue weighted by Gasteiger charge is 2.15. The van der Waals surface area contributed by atoms with Gasteiger partial charge in [0, 0.05) is 11.6 Å². The Morgan fingerprint density at radius 2 is 1.64 bits per heavy atom. The van der Waals surface area contributed by atoms with Crippen molar-refractivity contribution in [1.29, 1.82) is 0 Å². The summed E-state index contributed by atoms with van der Waals surface area (Å²) in [4.78, 5) is 13.1. The maximum Gasteiger partial charge on any atom is 0.266 e. The summed E-state index contributed by atoms with van der Waals surface area (Å²) in [5, 5.41) is 9.55. The Balaban J connectivity index is 1.76. The number of nitrogens with one attached hydrogen (secondary N) is 1. The average Bonchev–Trinajstić information content (AvgIpc) is 3.33. The summed E-state index contributed by atoms with van der Waals surface area (Å²) in [6, 6.07) is 25.3. The minimum atomic E-state index is -0.133. The van der Waals surface area contributed by atoms with Crippen molar-refractivity contribution >= 4 is 23.1 Å².